The van der Waals surface area contributed by atoms with Gasteiger partial charge in [0.1, 0.15) is 5.84 Å². The molecule has 0 aromatic heterocycles. The predicted octanol–water partition coefficient (Wildman–Crippen LogP) is 3.33. The van der Waals surface area contributed by atoms with Crippen molar-refractivity contribution in [2.45, 2.75) is 73.4 Å². The molecular weight excluding hydrogens is 358 g/mol. The van der Waals surface area contributed by atoms with Crippen molar-refractivity contribution in [3.63, 3.8) is 0 Å². The van der Waals surface area contributed by atoms with Crippen molar-refractivity contribution < 1.29 is 8.42 Å². The predicted molar refractivity (Wildman–Crippen MR) is 113 cm³/mol. The van der Waals surface area contributed by atoms with Gasteiger partial charge in [-0.25, -0.2) is 8.42 Å². The van der Waals surface area contributed by atoms with Crippen LogP contribution in [0.15, 0.2) is 16.3 Å². The Labute approximate surface area is 165 Å². The van der Waals surface area contributed by atoms with E-state index in [2.05, 4.69) is 58.3 Å². The van der Waals surface area contributed by atoms with E-state index in [9.17, 15) is 8.42 Å². The molecule has 0 aromatic carbocycles. The van der Waals surface area contributed by atoms with Gasteiger partial charge in [-0.1, -0.05) is 48.5 Å². The molecule has 2 atom stereocenters. The van der Waals surface area contributed by atoms with Crippen molar-refractivity contribution in [2.75, 3.05) is 31.1 Å². The lowest BCUT2D eigenvalue weighted by atomic mass is 9.71. The molecule has 0 bridgehead atoms. The third-order valence-electron chi connectivity index (χ3n) is 6.16. The number of amidine groups is 1. The summed E-state index contributed by atoms with van der Waals surface area (Å²) in [4.78, 5) is 10.1. The van der Waals surface area contributed by atoms with E-state index >= 15 is 0 Å². The van der Waals surface area contributed by atoms with Crippen LogP contribution in [0.4, 0.5) is 0 Å². The average Bonchev–Trinajstić information content (AvgIpc) is 2.95. The zero-order chi connectivity index (χ0) is 20.2. The summed E-state index contributed by atoms with van der Waals surface area (Å²) in [6.07, 6.45) is 1.95. The zero-order valence-corrected chi connectivity index (χ0v) is 19.0. The number of nitrogens with zero attached hydrogens (tertiary/aromatic N) is 3. The Kier molecular flexibility index (Phi) is 5.30. The molecule has 0 spiro atoms. The van der Waals surface area contributed by atoms with Gasteiger partial charge in [0.2, 0.25) is 0 Å². The van der Waals surface area contributed by atoms with Crippen molar-refractivity contribution in [3.8, 4) is 0 Å². The highest BCUT2D eigenvalue weighted by Crippen LogP contribution is 2.46. The van der Waals surface area contributed by atoms with Gasteiger partial charge in [0.25, 0.3) is 0 Å². The summed E-state index contributed by atoms with van der Waals surface area (Å²) < 4.78 is 23.7. The van der Waals surface area contributed by atoms with Crippen LogP contribution < -0.4 is 0 Å². The molecule has 5 nitrogen and oxygen atoms in total. The number of rotatable bonds is 2. The Hall–Kier alpha value is -0.880. The molecule has 3 rings (SSSR count). The fourth-order valence-electron chi connectivity index (χ4n) is 4.76. The van der Waals surface area contributed by atoms with E-state index in [1.54, 1.807) is 0 Å². The van der Waals surface area contributed by atoms with E-state index in [4.69, 9.17) is 4.99 Å². The molecule has 2 fully saturated rings. The molecule has 0 amide bonds. The Morgan fingerprint density at radius 1 is 1.07 bits per heavy atom. The smallest absolute Gasteiger partial charge is 0.152 e. The van der Waals surface area contributed by atoms with Crippen LogP contribution in [0.25, 0.3) is 0 Å². The maximum absolute atomic E-state index is 11.8. The van der Waals surface area contributed by atoms with Gasteiger partial charge in [0, 0.05) is 44.2 Å². The Morgan fingerprint density at radius 2 is 1.67 bits per heavy atom. The lowest BCUT2D eigenvalue weighted by molar-refractivity contribution is 0.218. The second-order valence-corrected chi connectivity index (χ2v) is 12.7. The van der Waals surface area contributed by atoms with Gasteiger partial charge < -0.3 is 4.90 Å². The molecule has 27 heavy (non-hydrogen) atoms. The normalized spacial score (nSPS) is 29.7. The first-order valence-corrected chi connectivity index (χ1v) is 12.2. The largest absolute Gasteiger partial charge is 0.332 e. The molecule has 0 N–H and O–H groups in total. The lowest BCUT2D eigenvalue weighted by Gasteiger charge is -2.43. The SMILES string of the molecule is CCC1=NC(C(C)(C)C)C(C(C)(C)C)=C2CC(N3CCS(=O)(=O)CC3)CN12. The summed E-state index contributed by atoms with van der Waals surface area (Å²) >= 11 is 0. The van der Waals surface area contributed by atoms with Crippen LogP contribution in [0.2, 0.25) is 0 Å². The molecule has 3 heterocycles. The molecule has 2 saturated heterocycles. The molecule has 0 saturated carbocycles. The highest BCUT2D eigenvalue weighted by atomic mass is 32.2. The highest BCUT2D eigenvalue weighted by Gasteiger charge is 2.45. The van der Waals surface area contributed by atoms with Gasteiger partial charge in [-0.15, -0.1) is 0 Å². The molecule has 2 unspecified atom stereocenters. The molecule has 0 radical (unpaired) electrons. The summed E-state index contributed by atoms with van der Waals surface area (Å²) in [7, 11) is -2.84. The topological polar surface area (TPSA) is 53.0 Å². The average molecular weight is 396 g/mol. The molecule has 0 aromatic rings. The summed E-state index contributed by atoms with van der Waals surface area (Å²) in [5.74, 6) is 1.80. The van der Waals surface area contributed by atoms with Gasteiger partial charge in [-0.3, -0.25) is 9.89 Å². The molecular formula is C21H37N3O2S. The monoisotopic (exact) mass is 395 g/mol. The fraction of sp³-hybridized carbons (Fsp3) is 0.857. The van der Waals surface area contributed by atoms with Crippen LogP contribution >= 0.6 is 0 Å². The van der Waals surface area contributed by atoms with Gasteiger partial charge in [0.15, 0.2) is 9.84 Å². The van der Waals surface area contributed by atoms with Gasteiger partial charge in [-0.2, -0.15) is 0 Å². The first-order valence-electron chi connectivity index (χ1n) is 10.4. The van der Waals surface area contributed by atoms with Gasteiger partial charge >= 0.3 is 0 Å². The fourth-order valence-corrected chi connectivity index (χ4v) is 5.99. The number of fused-ring (bicyclic) bond motifs is 1. The molecule has 6 heteroatoms. The number of aliphatic imine (C=N–C) groups is 1. The standard InChI is InChI=1S/C21H37N3O2S/c1-8-17-22-19(21(5,6)7)18(20(2,3)4)16-13-15(14-24(16)17)23-9-11-27(25,26)12-10-23/h15,19H,8-14H2,1-7H3. The van der Waals surface area contributed by atoms with Crippen molar-refractivity contribution in [3.05, 3.63) is 11.3 Å². The summed E-state index contributed by atoms with van der Waals surface area (Å²) in [6.45, 7) is 18.3. The van der Waals surface area contributed by atoms with Crippen molar-refractivity contribution in [2.24, 2.45) is 15.8 Å². The lowest BCUT2D eigenvalue weighted by Crippen LogP contribution is -2.47. The van der Waals surface area contributed by atoms with Crippen LogP contribution in [0.5, 0.6) is 0 Å². The van der Waals surface area contributed by atoms with E-state index in [1.807, 2.05) is 0 Å². The summed E-state index contributed by atoms with van der Waals surface area (Å²) in [5.41, 5.74) is 3.07. The molecule has 154 valence electrons. The third kappa shape index (κ3) is 4.12. The molecule has 3 aliphatic heterocycles. The van der Waals surface area contributed by atoms with Crippen molar-refractivity contribution >= 4 is 15.7 Å². The number of hydrogen-bond acceptors (Lipinski definition) is 5. The minimum atomic E-state index is -2.84. The van der Waals surface area contributed by atoms with E-state index in [0.29, 0.717) is 30.6 Å². The van der Waals surface area contributed by atoms with E-state index in [0.717, 1.165) is 19.4 Å². The van der Waals surface area contributed by atoms with Crippen molar-refractivity contribution in [1.29, 1.82) is 0 Å². The zero-order valence-electron chi connectivity index (χ0n) is 18.2. The maximum atomic E-state index is 11.8. The number of sulfone groups is 1. The minimum absolute atomic E-state index is 0.0639. The van der Waals surface area contributed by atoms with Crippen molar-refractivity contribution in [1.82, 2.24) is 9.80 Å². The van der Waals surface area contributed by atoms with Gasteiger partial charge in [0.05, 0.1) is 17.5 Å². The van der Waals surface area contributed by atoms with Crippen LogP contribution in [-0.4, -0.2) is 67.3 Å². The summed E-state index contributed by atoms with van der Waals surface area (Å²) in [5, 5.41) is 0. The van der Waals surface area contributed by atoms with Crippen LogP contribution in [-0.2, 0) is 9.84 Å². The first-order chi connectivity index (χ1) is 12.3. The third-order valence-corrected chi connectivity index (χ3v) is 7.77. The molecule has 3 aliphatic rings. The van der Waals surface area contributed by atoms with E-state index < -0.39 is 9.84 Å². The maximum Gasteiger partial charge on any atom is 0.152 e. The second kappa shape index (κ2) is 6.87. The highest BCUT2D eigenvalue weighted by molar-refractivity contribution is 7.91. The second-order valence-electron chi connectivity index (χ2n) is 10.4. The van der Waals surface area contributed by atoms with Crippen LogP contribution in [0, 0.1) is 10.8 Å². The molecule has 0 aliphatic carbocycles. The van der Waals surface area contributed by atoms with Crippen LogP contribution in [0.3, 0.4) is 0 Å². The van der Waals surface area contributed by atoms with Crippen LogP contribution in [0.1, 0.15) is 61.3 Å². The van der Waals surface area contributed by atoms with E-state index in [-0.39, 0.29) is 16.9 Å². The Morgan fingerprint density at radius 3 is 2.15 bits per heavy atom. The Bertz CT molecular complexity index is 739. The minimum Gasteiger partial charge on any atom is -0.332 e. The first kappa shape index (κ1) is 20.8. The summed E-state index contributed by atoms with van der Waals surface area (Å²) in [6, 6.07) is 0.600. The Balaban J connectivity index is 1.97. The van der Waals surface area contributed by atoms with E-state index in [1.165, 1.54) is 17.1 Å². The number of hydrogen-bond donors (Lipinski definition) is 0. The van der Waals surface area contributed by atoms with Gasteiger partial charge in [-0.05, 0) is 16.4 Å². The quantitative estimate of drug-likeness (QED) is 0.720.